The molecule has 0 aliphatic carbocycles. The maximum Gasteiger partial charge on any atom is 0.264 e. The first-order valence-electron chi connectivity index (χ1n) is 11.1. The fourth-order valence-electron chi connectivity index (χ4n) is 4.26. The smallest absolute Gasteiger partial charge is 0.264 e. The molecule has 0 bridgehead atoms. The van der Waals surface area contributed by atoms with Crippen LogP contribution in [0.1, 0.15) is 40.4 Å². The van der Waals surface area contributed by atoms with Crippen LogP contribution < -0.4 is 10.2 Å². The second-order valence-corrected chi connectivity index (χ2v) is 10.3. The van der Waals surface area contributed by atoms with E-state index in [-0.39, 0.29) is 17.9 Å². The molecule has 1 aromatic carbocycles. The standard InChI is InChI=1S/C24H26N4O2S2/c1-2-28(23(29)18-9-6-12-25-18)21-11-10-19(31-21)24(30)27-14-17(15-27)22-26-13-20(32-22)16-7-4-3-5-8-16/h3-5,7-8,10-11,13,17-18,25H,2,6,9,12,14-15H2,1H3/t18-/m0/s1. The lowest BCUT2D eigenvalue weighted by Gasteiger charge is -2.37. The Labute approximate surface area is 195 Å². The summed E-state index contributed by atoms with van der Waals surface area (Å²) < 4.78 is 0. The predicted octanol–water partition coefficient (Wildman–Crippen LogP) is 4.22. The molecule has 0 radical (unpaired) electrons. The summed E-state index contributed by atoms with van der Waals surface area (Å²) in [6.07, 6.45) is 3.84. The molecule has 2 saturated heterocycles. The van der Waals surface area contributed by atoms with Gasteiger partial charge in [-0.25, -0.2) is 4.98 Å². The number of thiazole rings is 1. The Morgan fingerprint density at radius 2 is 1.97 bits per heavy atom. The number of likely N-dealkylation sites (tertiary alicyclic amines) is 1. The molecule has 0 saturated carbocycles. The largest absolute Gasteiger partial charge is 0.336 e. The van der Waals surface area contributed by atoms with Crippen molar-refractivity contribution in [2.24, 2.45) is 0 Å². The van der Waals surface area contributed by atoms with Crippen molar-refractivity contribution in [3.05, 3.63) is 58.5 Å². The number of thiophene rings is 1. The molecule has 1 atom stereocenters. The average Bonchev–Trinajstić information content (AvgIpc) is 3.55. The SMILES string of the molecule is CCN(C(=O)[C@@H]1CCCN1)c1ccc(C(=O)N2CC(c3ncc(-c4ccccc4)s3)C2)s1. The first kappa shape index (κ1) is 21.3. The summed E-state index contributed by atoms with van der Waals surface area (Å²) in [5.74, 6) is 0.440. The molecule has 0 spiro atoms. The Kier molecular flexibility index (Phi) is 6.08. The number of aromatic nitrogens is 1. The van der Waals surface area contributed by atoms with Crippen LogP contribution in [0.2, 0.25) is 0 Å². The third kappa shape index (κ3) is 4.10. The van der Waals surface area contributed by atoms with Gasteiger partial charge in [-0.1, -0.05) is 30.3 Å². The highest BCUT2D eigenvalue weighted by Crippen LogP contribution is 2.36. The van der Waals surface area contributed by atoms with Crippen LogP contribution in [0, 0.1) is 0 Å². The van der Waals surface area contributed by atoms with Gasteiger partial charge < -0.3 is 15.1 Å². The number of hydrogen-bond acceptors (Lipinski definition) is 6. The third-order valence-electron chi connectivity index (χ3n) is 6.11. The molecular formula is C24H26N4O2S2. The Morgan fingerprint density at radius 1 is 1.16 bits per heavy atom. The first-order chi connectivity index (χ1) is 15.6. The van der Waals surface area contributed by atoms with Crippen molar-refractivity contribution in [3.63, 3.8) is 0 Å². The van der Waals surface area contributed by atoms with Gasteiger partial charge in [-0.05, 0) is 44.0 Å². The van der Waals surface area contributed by atoms with Gasteiger partial charge in [-0.15, -0.1) is 22.7 Å². The molecule has 166 valence electrons. The van der Waals surface area contributed by atoms with Crippen molar-refractivity contribution in [1.82, 2.24) is 15.2 Å². The van der Waals surface area contributed by atoms with Crippen molar-refractivity contribution in [2.45, 2.75) is 31.7 Å². The topological polar surface area (TPSA) is 65.5 Å². The average molecular weight is 467 g/mol. The molecule has 2 aliphatic heterocycles. The summed E-state index contributed by atoms with van der Waals surface area (Å²) in [6.45, 7) is 4.85. The van der Waals surface area contributed by atoms with Crippen LogP contribution in [0.4, 0.5) is 5.00 Å². The number of nitrogens with zero attached hydrogens (tertiary/aromatic N) is 3. The quantitative estimate of drug-likeness (QED) is 0.591. The number of likely N-dealkylation sites (N-methyl/N-ethyl adjacent to an activating group) is 1. The Balaban J connectivity index is 1.21. The molecule has 4 heterocycles. The Bertz CT molecular complexity index is 1100. The predicted molar refractivity (Wildman–Crippen MR) is 130 cm³/mol. The highest BCUT2D eigenvalue weighted by atomic mass is 32.1. The summed E-state index contributed by atoms with van der Waals surface area (Å²) in [5, 5.41) is 5.21. The van der Waals surface area contributed by atoms with Gasteiger partial charge in [0.25, 0.3) is 5.91 Å². The zero-order valence-electron chi connectivity index (χ0n) is 18.0. The highest BCUT2D eigenvalue weighted by molar-refractivity contribution is 7.18. The molecule has 8 heteroatoms. The number of benzene rings is 1. The fourth-order valence-corrected chi connectivity index (χ4v) is 6.31. The number of carbonyl (C=O) groups is 2. The van der Waals surface area contributed by atoms with Gasteiger partial charge in [-0.2, -0.15) is 0 Å². The van der Waals surface area contributed by atoms with E-state index in [1.54, 1.807) is 16.2 Å². The number of nitrogens with one attached hydrogen (secondary N) is 1. The van der Waals surface area contributed by atoms with Crippen molar-refractivity contribution >= 4 is 39.5 Å². The lowest BCUT2D eigenvalue weighted by atomic mass is 10.0. The van der Waals surface area contributed by atoms with Gasteiger partial charge in [0.2, 0.25) is 5.91 Å². The molecule has 2 aliphatic rings. The van der Waals surface area contributed by atoms with Gasteiger partial charge in [0.05, 0.1) is 25.8 Å². The van der Waals surface area contributed by atoms with E-state index < -0.39 is 0 Å². The van der Waals surface area contributed by atoms with Crippen LogP contribution in [0.25, 0.3) is 10.4 Å². The zero-order valence-corrected chi connectivity index (χ0v) is 19.6. The molecule has 2 amide bonds. The summed E-state index contributed by atoms with van der Waals surface area (Å²) in [6, 6.07) is 13.9. The summed E-state index contributed by atoms with van der Waals surface area (Å²) in [4.78, 5) is 35.9. The van der Waals surface area contributed by atoms with Gasteiger partial charge in [-0.3, -0.25) is 9.59 Å². The highest BCUT2D eigenvalue weighted by Gasteiger charge is 2.35. The molecule has 5 rings (SSSR count). The molecule has 2 aromatic heterocycles. The fraction of sp³-hybridized carbons (Fsp3) is 0.375. The number of amides is 2. The molecule has 3 aromatic rings. The minimum Gasteiger partial charge on any atom is -0.336 e. The van der Waals surface area contributed by atoms with Crippen molar-refractivity contribution < 1.29 is 9.59 Å². The second kappa shape index (κ2) is 9.13. The summed E-state index contributed by atoms with van der Waals surface area (Å²) in [5.41, 5.74) is 1.18. The number of carbonyl (C=O) groups excluding carboxylic acids is 2. The summed E-state index contributed by atoms with van der Waals surface area (Å²) >= 11 is 3.12. The third-order valence-corrected chi connectivity index (χ3v) is 8.41. The molecule has 32 heavy (non-hydrogen) atoms. The van der Waals surface area contributed by atoms with E-state index in [9.17, 15) is 9.59 Å². The van der Waals surface area contributed by atoms with E-state index in [0.29, 0.717) is 30.4 Å². The first-order valence-corrected chi connectivity index (χ1v) is 12.7. The van der Waals surface area contributed by atoms with Crippen molar-refractivity contribution in [3.8, 4) is 10.4 Å². The van der Waals surface area contributed by atoms with E-state index >= 15 is 0 Å². The maximum atomic E-state index is 13.0. The van der Waals surface area contributed by atoms with Crippen molar-refractivity contribution in [2.75, 3.05) is 31.1 Å². The lowest BCUT2D eigenvalue weighted by molar-refractivity contribution is -0.120. The maximum absolute atomic E-state index is 13.0. The zero-order chi connectivity index (χ0) is 22.1. The van der Waals surface area contributed by atoms with Gasteiger partial charge in [0.15, 0.2) is 0 Å². The minimum absolute atomic E-state index is 0.0415. The van der Waals surface area contributed by atoms with Gasteiger partial charge in [0, 0.05) is 31.7 Å². The molecule has 2 fully saturated rings. The van der Waals surface area contributed by atoms with E-state index in [1.807, 2.05) is 48.4 Å². The van der Waals surface area contributed by atoms with Crippen LogP contribution in [-0.2, 0) is 4.79 Å². The second-order valence-electron chi connectivity index (χ2n) is 8.21. The van der Waals surface area contributed by atoms with Gasteiger partial charge in [0.1, 0.15) is 0 Å². The van der Waals surface area contributed by atoms with Crippen molar-refractivity contribution in [1.29, 1.82) is 0 Å². The molecule has 0 unspecified atom stereocenters. The van der Waals surface area contributed by atoms with Crippen LogP contribution in [0.15, 0.2) is 48.7 Å². The monoisotopic (exact) mass is 466 g/mol. The minimum atomic E-state index is -0.105. The van der Waals surface area contributed by atoms with Crippen LogP contribution in [0.5, 0.6) is 0 Å². The Hall–Kier alpha value is -2.55. The van der Waals surface area contributed by atoms with E-state index in [0.717, 1.165) is 34.3 Å². The molecule has 1 N–H and O–H groups in total. The summed E-state index contributed by atoms with van der Waals surface area (Å²) in [7, 11) is 0. The van der Waals surface area contributed by atoms with E-state index in [1.165, 1.54) is 16.9 Å². The number of rotatable bonds is 6. The lowest BCUT2D eigenvalue weighted by Crippen LogP contribution is -2.48. The number of hydrogen-bond donors (Lipinski definition) is 1. The molecule has 6 nitrogen and oxygen atoms in total. The van der Waals surface area contributed by atoms with Crippen LogP contribution in [-0.4, -0.2) is 53.9 Å². The Morgan fingerprint density at radius 3 is 2.69 bits per heavy atom. The van der Waals surface area contributed by atoms with E-state index in [2.05, 4.69) is 22.4 Å². The van der Waals surface area contributed by atoms with Crippen LogP contribution in [0.3, 0.4) is 0 Å². The number of anilines is 1. The normalized spacial score (nSPS) is 18.5. The van der Waals surface area contributed by atoms with Gasteiger partial charge >= 0.3 is 0 Å². The molecular weight excluding hydrogens is 440 g/mol. The van der Waals surface area contributed by atoms with Crippen LogP contribution >= 0.6 is 22.7 Å². The van der Waals surface area contributed by atoms with E-state index in [4.69, 9.17) is 0 Å².